The molecule has 0 aliphatic rings. The van der Waals surface area contributed by atoms with Crippen molar-refractivity contribution in [3.63, 3.8) is 0 Å². The predicted octanol–water partition coefficient (Wildman–Crippen LogP) is -0.0711. The molecule has 0 aromatic heterocycles. The molecule has 0 saturated heterocycles. The summed E-state index contributed by atoms with van der Waals surface area (Å²) in [7, 11) is -1.94. The maximum absolute atomic E-state index is 12.1. The molecule has 0 heterocycles. The smallest absolute Gasteiger partial charge is 0.179 e. The van der Waals surface area contributed by atoms with Gasteiger partial charge in [-0.05, 0) is 18.2 Å². The number of hydrogen-bond acceptors (Lipinski definition) is 6. The van der Waals surface area contributed by atoms with Crippen LogP contribution in [-0.4, -0.2) is 52.2 Å². The lowest BCUT2D eigenvalue weighted by atomic mass is 10.2. The summed E-state index contributed by atoms with van der Waals surface area (Å²) in [5, 5.41) is 20.7. The monoisotopic (exact) mass is 298 g/mol. The van der Waals surface area contributed by atoms with Crippen molar-refractivity contribution >= 4 is 9.84 Å². The second kappa shape index (κ2) is 7.97. The van der Waals surface area contributed by atoms with E-state index in [0.29, 0.717) is 12.2 Å². The molecule has 0 bridgehead atoms. The van der Waals surface area contributed by atoms with E-state index < -0.39 is 9.84 Å². The highest BCUT2D eigenvalue weighted by Crippen LogP contribution is 2.12. The van der Waals surface area contributed by atoms with Gasteiger partial charge in [0.25, 0.3) is 0 Å². The van der Waals surface area contributed by atoms with Crippen molar-refractivity contribution in [1.29, 1.82) is 5.26 Å². The second-order valence-corrected chi connectivity index (χ2v) is 6.36. The summed E-state index contributed by atoms with van der Waals surface area (Å²) in [6.45, 7) is 0.381. The Bertz CT molecular complexity index is 566. The summed E-state index contributed by atoms with van der Waals surface area (Å²) >= 11 is 0. The van der Waals surface area contributed by atoms with Gasteiger partial charge >= 0.3 is 0 Å². The summed E-state index contributed by atoms with van der Waals surface area (Å²) in [5.74, 6) is -0.109. The zero-order chi connectivity index (χ0) is 15.0. The summed E-state index contributed by atoms with van der Waals surface area (Å²) < 4.78 is 29.1. The molecule has 6 nitrogen and oxygen atoms in total. The fourth-order valence-electron chi connectivity index (χ4n) is 1.65. The van der Waals surface area contributed by atoms with Gasteiger partial charge in [0.2, 0.25) is 0 Å². The molecule has 0 aliphatic carbocycles. The van der Waals surface area contributed by atoms with Crippen molar-refractivity contribution in [1.82, 2.24) is 5.32 Å². The van der Waals surface area contributed by atoms with Crippen LogP contribution in [0.15, 0.2) is 29.2 Å². The standard InChI is InChI=1S/C13H18N2O4S/c1-19-10-12(9-16)15-5-6-20(17,18)13-4-2-3-11(7-13)8-14/h2-4,7,12,15-16H,5-6,9-10H2,1H3. The number of nitrogens with one attached hydrogen (secondary N) is 1. The molecule has 0 spiro atoms. The van der Waals surface area contributed by atoms with Crippen LogP contribution in [0.4, 0.5) is 0 Å². The van der Waals surface area contributed by atoms with Gasteiger partial charge in [0.05, 0.1) is 41.5 Å². The van der Waals surface area contributed by atoms with Gasteiger partial charge in [-0.25, -0.2) is 8.42 Å². The Kier molecular flexibility index (Phi) is 6.61. The van der Waals surface area contributed by atoms with Crippen LogP contribution in [0.5, 0.6) is 0 Å². The van der Waals surface area contributed by atoms with E-state index in [1.165, 1.54) is 19.2 Å². The summed E-state index contributed by atoms with van der Waals surface area (Å²) in [6, 6.07) is 7.54. The lowest BCUT2D eigenvalue weighted by Crippen LogP contribution is -2.39. The third-order valence-corrected chi connectivity index (χ3v) is 4.43. The predicted molar refractivity (Wildman–Crippen MR) is 74.0 cm³/mol. The second-order valence-electron chi connectivity index (χ2n) is 4.25. The Morgan fingerprint density at radius 2 is 2.25 bits per heavy atom. The van der Waals surface area contributed by atoms with Crippen LogP contribution in [0, 0.1) is 11.3 Å². The van der Waals surface area contributed by atoms with Crippen LogP contribution in [0.1, 0.15) is 5.56 Å². The van der Waals surface area contributed by atoms with Gasteiger partial charge in [-0.2, -0.15) is 5.26 Å². The van der Waals surface area contributed by atoms with E-state index in [9.17, 15) is 8.42 Å². The Hall–Kier alpha value is -1.46. The van der Waals surface area contributed by atoms with E-state index in [-0.39, 0.29) is 29.8 Å². The number of methoxy groups -OCH3 is 1. The Morgan fingerprint density at radius 3 is 2.85 bits per heavy atom. The van der Waals surface area contributed by atoms with Crippen LogP contribution >= 0.6 is 0 Å². The van der Waals surface area contributed by atoms with E-state index in [2.05, 4.69) is 5.32 Å². The molecule has 7 heteroatoms. The van der Waals surface area contributed by atoms with E-state index in [4.69, 9.17) is 15.1 Å². The van der Waals surface area contributed by atoms with Crippen molar-refractivity contribution in [2.24, 2.45) is 0 Å². The molecule has 1 aromatic carbocycles. The first-order valence-corrected chi connectivity index (χ1v) is 7.75. The number of sulfone groups is 1. The van der Waals surface area contributed by atoms with Gasteiger partial charge in [0, 0.05) is 13.7 Å². The molecular formula is C13H18N2O4S. The fraction of sp³-hybridized carbons (Fsp3) is 0.462. The first-order valence-electron chi connectivity index (χ1n) is 6.09. The molecule has 110 valence electrons. The van der Waals surface area contributed by atoms with Gasteiger partial charge in [-0.15, -0.1) is 0 Å². The largest absolute Gasteiger partial charge is 0.395 e. The van der Waals surface area contributed by atoms with Gasteiger partial charge < -0.3 is 15.2 Å². The Labute approximate surface area is 118 Å². The first-order chi connectivity index (χ1) is 9.53. The van der Waals surface area contributed by atoms with Gasteiger partial charge in [0.1, 0.15) is 0 Å². The minimum Gasteiger partial charge on any atom is -0.395 e. The molecule has 1 unspecified atom stereocenters. The molecule has 2 N–H and O–H groups in total. The van der Waals surface area contributed by atoms with Crippen molar-refractivity contribution in [3.05, 3.63) is 29.8 Å². The number of benzene rings is 1. The molecule has 0 amide bonds. The molecule has 1 atom stereocenters. The lowest BCUT2D eigenvalue weighted by molar-refractivity contribution is 0.130. The van der Waals surface area contributed by atoms with E-state index in [0.717, 1.165) is 0 Å². The molecule has 0 aliphatic heterocycles. The van der Waals surface area contributed by atoms with Gasteiger partial charge in [-0.1, -0.05) is 6.07 Å². The van der Waals surface area contributed by atoms with E-state index in [1.807, 2.05) is 6.07 Å². The maximum Gasteiger partial charge on any atom is 0.179 e. The third kappa shape index (κ3) is 4.90. The number of hydrogen-bond donors (Lipinski definition) is 2. The number of aliphatic hydroxyl groups excluding tert-OH is 1. The third-order valence-electron chi connectivity index (χ3n) is 2.71. The minimum absolute atomic E-state index is 0.109. The number of rotatable bonds is 8. The van der Waals surface area contributed by atoms with Crippen LogP contribution in [-0.2, 0) is 14.6 Å². The number of ether oxygens (including phenoxy) is 1. The number of nitriles is 1. The summed E-state index contributed by atoms with van der Waals surface area (Å²) in [5.41, 5.74) is 0.312. The fourth-order valence-corrected chi connectivity index (χ4v) is 2.87. The van der Waals surface area contributed by atoms with Crippen LogP contribution in [0.3, 0.4) is 0 Å². The summed E-state index contributed by atoms with van der Waals surface area (Å²) in [4.78, 5) is 0.130. The van der Waals surface area contributed by atoms with Crippen LogP contribution in [0.2, 0.25) is 0 Å². The molecule has 0 saturated carbocycles. The molecule has 0 radical (unpaired) electrons. The quantitative estimate of drug-likeness (QED) is 0.697. The number of nitrogens with zero attached hydrogens (tertiary/aromatic N) is 1. The topological polar surface area (TPSA) is 99.4 Å². The average Bonchev–Trinajstić information content (AvgIpc) is 2.46. The molecule has 1 aromatic rings. The van der Waals surface area contributed by atoms with Crippen molar-refractivity contribution < 1.29 is 18.3 Å². The Balaban J connectivity index is 2.64. The average molecular weight is 298 g/mol. The highest BCUT2D eigenvalue weighted by atomic mass is 32.2. The Morgan fingerprint density at radius 1 is 1.50 bits per heavy atom. The number of aliphatic hydroxyl groups is 1. The zero-order valence-electron chi connectivity index (χ0n) is 11.2. The van der Waals surface area contributed by atoms with Crippen molar-refractivity contribution in [3.8, 4) is 6.07 Å². The molecule has 20 heavy (non-hydrogen) atoms. The van der Waals surface area contributed by atoms with E-state index in [1.54, 1.807) is 12.1 Å². The van der Waals surface area contributed by atoms with Gasteiger partial charge in [-0.3, -0.25) is 0 Å². The van der Waals surface area contributed by atoms with Crippen molar-refractivity contribution in [2.75, 3.05) is 32.6 Å². The highest BCUT2D eigenvalue weighted by Gasteiger charge is 2.15. The van der Waals surface area contributed by atoms with Crippen molar-refractivity contribution in [2.45, 2.75) is 10.9 Å². The molecule has 0 fully saturated rings. The minimum atomic E-state index is -3.45. The molecular weight excluding hydrogens is 280 g/mol. The SMILES string of the molecule is COCC(CO)NCCS(=O)(=O)c1cccc(C#N)c1. The van der Waals surface area contributed by atoms with Crippen LogP contribution in [0.25, 0.3) is 0 Å². The lowest BCUT2D eigenvalue weighted by Gasteiger charge is -2.15. The van der Waals surface area contributed by atoms with E-state index >= 15 is 0 Å². The summed E-state index contributed by atoms with van der Waals surface area (Å²) in [6.07, 6.45) is 0. The highest BCUT2D eigenvalue weighted by molar-refractivity contribution is 7.91. The normalized spacial score (nSPS) is 12.8. The van der Waals surface area contributed by atoms with Gasteiger partial charge in [0.15, 0.2) is 9.84 Å². The van der Waals surface area contributed by atoms with Crippen LogP contribution < -0.4 is 5.32 Å². The zero-order valence-corrected chi connectivity index (χ0v) is 12.1. The maximum atomic E-state index is 12.1. The first kappa shape index (κ1) is 16.6. The molecule has 1 rings (SSSR count).